The summed E-state index contributed by atoms with van der Waals surface area (Å²) in [5, 5.41) is 11.4. The molecule has 1 atom stereocenters. The van der Waals surface area contributed by atoms with Gasteiger partial charge >= 0.3 is 12.1 Å². The molecule has 2 aromatic carbocycles. The second-order valence-corrected chi connectivity index (χ2v) is 6.17. The van der Waals surface area contributed by atoms with Gasteiger partial charge in [-0.2, -0.15) is 0 Å². The molecule has 0 fully saturated rings. The zero-order chi connectivity index (χ0) is 18.5. The van der Waals surface area contributed by atoms with Gasteiger partial charge in [0.05, 0.1) is 12.5 Å². The maximum absolute atomic E-state index is 12.1. The van der Waals surface area contributed by atoms with Crippen molar-refractivity contribution in [1.29, 1.82) is 0 Å². The Morgan fingerprint density at radius 3 is 2.23 bits per heavy atom. The Morgan fingerprint density at radius 1 is 1.12 bits per heavy atom. The van der Waals surface area contributed by atoms with Gasteiger partial charge in [-0.25, -0.2) is 4.79 Å². The lowest BCUT2D eigenvalue weighted by molar-refractivity contribution is -0.137. The van der Waals surface area contributed by atoms with Crippen LogP contribution in [0.3, 0.4) is 0 Å². The molecule has 0 saturated heterocycles. The van der Waals surface area contributed by atoms with E-state index in [1.165, 1.54) is 0 Å². The fourth-order valence-corrected chi connectivity index (χ4v) is 3.33. The number of benzene rings is 2. The van der Waals surface area contributed by atoms with Crippen LogP contribution in [-0.4, -0.2) is 29.8 Å². The summed E-state index contributed by atoms with van der Waals surface area (Å²) in [4.78, 5) is 22.9. The lowest BCUT2D eigenvalue weighted by atomic mass is 9.98. The van der Waals surface area contributed by atoms with Crippen molar-refractivity contribution in [3.63, 3.8) is 0 Å². The number of rotatable bonds is 6. The van der Waals surface area contributed by atoms with Crippen molar-refractivity contribution in [1.82, 2.24) is 5.32 Å². The monoisotopic (exact) mass is 349 g/mol. The van der Waals surface area contributed by atoms with Crippen molar-refractivity contribution in [2.75, 3.05) is 6.61 Å². The van der Waals surface area contributed by atoms with Crippen LogP contribution >= 0.6 is 0 Å². The minimum Gasteiger partial charge on any atom is -0.481 e. The van der Waals surface area contributed by atoms with E-state index in [4.69, 9.17) is 16.3 Å². The normalized spacial score (nSPS) is 13.2. The SMILES string of the molecule is C#CC[C@H](CC(=O)O)NC(=O)OCC1c2ccccc2-c2ccccc21. The molecule has 5 heteroatoms. The molecule has 1 aliphatic rings. The Kier molecular flexibility index (Phi) is 5.23. The van der Waals surface area contributed by atoms with Crippen LogP contribution in [0.1, 0.15) is 29.9 Å². The second kappa shape index (κ2) is 7.75. The zero-order valence-corrected chi connectivity index (χ0v) is 14.1. The number of alkyl carbamates (subject to hydrolysis) is 1. The van der Waals surface area contributed by atoms with E-state index in [1.54, 1.807) is 0 Å². The lowest BCUT2D eigenvalue weighted by Gasteiger charge is -2.17. The number of ether oxygens (including phenoxy) is 1. The highest BCUT2D eigenvalue weighted by atomic mass is 16.5. The van der Waals surface area contributed by atoms with Gasteiger partial charge in [-0.05, 0) is 22.3 Å². The number of terminal acetylenes is 1. The van der Waals surface area contributed by atoms with Crippen LogP contribution in [0.25, 0.3) is 11.1 Å². The van der Waals surface area contributed by atoms with E-state index in [0.717, 1.165) is 22.3 Å². The number of hydrogen-bond donors (Lipinski definition) is 2. The lowest BCUT2D eigenvalue weighted by Crippen LogP contribution is -2.37. The van der Waals surface area contributed by atoms with Crippen LogP contribution in [0.2, 0.25) is 0 Å². The number of nitrogens with one attached hydrogen (secondary N) is 1. The summed E-state index contributed by atoms with van der Waals surface area (Å²) in [7, 11) is 0. The van der Waals surface area contributed by atoms with E-state index >= 15 is 0 Å². The molecule has 0 bridgehead atoms. The van der Waals surface area contributed by atoms with Gasteiger partial charge in [0.25, 0.3) is 0 Å². The minimum absolute atomic E-state index is 0.0429. The number of carboxylic acid groups (broad SMARTS) is 1. The molecule has 0 heterocycles. The molecule has 0 spiro atoms. The molecule has 0 radical (unpaired) electrons. The van der Waals surface area contributed by atoms with Crippen LogP contribution in [-0.2, 0) is 9.53 Å². The maximum Gasteiger partial charge on any atom is 0.407 e. The Labute approximate surface area is 152 Å². The first-order chi connectivity index (χ1) is 12.6. The summed E-state index contributed by atoms with van der Waals surface area (Å²) in [5.74, 6) is 1.30. The number of fused-ring (bicyclic) bond motifs is 3. The highest BCUT2D eigenvalue weighted by molar-refractivity contribution is 5.79. The van der Waals surface area contributed by atoms with Gasteiger partial charge in [0.1, 0.15) is 6.61 Å². The highest BCUT2D eigenvalue weighted by Crippen LogP contribution is 2.44. The first-order valence-corrected chi connectivity index (χ1v) is 8.37. The summed E-state index contributed by atoms with van der Waals surface area (Å²) in [6, 6.07) is 15.5. The molecule has 2 aromatic rings. The molecule has 3 rings (SSSR count). The van der Waals surface area contributed by atoms with E-state index in [-0.39, 0.29) is 25.4 Å². The molecule has 132 valence electrons. The predicted octanol–water partition coefficient (Wildman–Crippen LogP) is 3.39. The van der Waals surface area contributed by atoms with Gasteiger partial charge in [0.2, 0.25) is 0 Å². The number of aliphatic carboxylic acids is 1. The third kappa shape index (κ3) is 3.70. The third-order valence-corrected chi connectivity index (χ3v) is 4.45. The van der Waals surface area contributed by atoms with Gasteiger partial charge in [-0.15, -0.1) is 12.3 Å². The molecule has 26 heavy (non-hydrogen) atoms. The van der Waals surface area contributed by atoms with E-state index in [0.29, 0.717) is 0 Å². The fourth-order valence-electron chi connectivity index (χ4n) is 3.33. The van der Waals surface area contributed by atoms with Gasteiger partial charge in [0.15, 0.2) is 0 Å². The summed E-state index contributed by atoms with van der Waals surface area (Å²) in [5.41, 5.74) is 4.53. The predicted molar refractivity (Wildman–Crippen MR) is 97.7 cm³/mol. The number of carboxylic acids is 1. The summed E-state index contributed by atoms with van der Waals surface area (Å²) < 4.78 is 5.39. The molecule has 5 nitrogen and oxygen atoms in total. The smallest absolute Gasteiger partial charge is 0.407 e. The molecular weight excluding hydrogens is 330 g/mol. The molecule has 0 aromatic heterocycles. The highest BCUT2D eigenvalue weighted by Gasteiger charge is 2.29. The van der Waals surface area contributed by atoms with Crippen LogP contribution in [0.4, 0.5) is 4.79 Å². The first-order valence-electron chi connectivity index (χ1n) is 8.37. The number of hydrogen-bond acceptors (Lipinski definition) is 3. The third-order valence-electron chi connectivity index (χ3n) is 4.45. The second-order valence-electron chi connectivity index (χ2n) is 6.17. The van der Waals surface area contributed by atoms with Crippen LogP contribution < -0.4 is 5.32 Å². The van der Waals surface area contributed by atoms with Gasteiger partial charge in [-0.3, -0.25) is 4.79 Å². The average molecular weight is 349 g/mol. The largest absolute Gasteiger partial charge is 0.481 e. The molecule has 0 saturated carbocycles. The van der Waals surface area contributed by atoms with Gasteiger partial charge in [0, 0.05) is 12.3 Å². The molecule has 1 amide bonds. The molecule has 0 aliphatic heterocycles. The summed E-state index contributed by atoms with van der Waals surface area (Å²) in [6.07, 6.45) is 4.46. The average Bonchev–Trinajstić information content (AvgIpc) is 2.94. The summed E-state index contributed by atoms with van der Waals surface area (Å²) in [6.45, 7) is 0.176. The van der Waals surface area contributed by atoms with Crippen molar-refractivity contribution in [3.05, 3.63) is 59.7 Å². The molecule has 2 N–H and O–H groups in total. The Morgan fingerprint density at radius 2 is 1.69 bits per heavy atom. The standard InChI is InChI=1S/C21H19NO4/c1-2-7-14(12-20(23)24)22-21(25)26-13-19-17-10-5-3-8-15(17)16-9-4-6-11-18(16)19/h1,3-6,8-11,14,19H,7,12-13H2,(H,22,25)(H,23,24)/t14-/m1/s1. The fraction of sp³-hybridized carbons (Fsp3) is 0.238. The van der Waals surface area contributed by atoms with Crippen molar-refractivity contribution in [2.45, 2.75) is 24.8 Å². The van der Waals surface area contributed by atoms with E-state index in [2.05, 4.69) is 23.4 Å². The first kappa shape index (κ1) is 17.6. The van der Waals surface area contributed by atoms with Crippen LogP contribution in [0, 0.1) is 12.3 Å². The topological polar surface area (TPSA) is 75.6 Å². The van der Waals surface area contributed by atoms with Gasteiger partial charge < -0.3 is 15.2 Å². The van der Waals surface area contributed by atoms with Crippen molar-refractivity contribution < 1.29 is 19.4 Å². The Balaban J connectivity index is 1.69. The maximum atomic E-state index is 12.1. The minimum atomic E-state index is -1.02. The van der Waals surface area contributed by atoms with E-state index in [1.807, 2.05) is 36.4 Å². The number of carbonyl (C=O) groups excluding carboxylic acids is 1. The quantitative estimate of drug-likeness (QED) is 0.784. The Hall–Kier alpha value is -3.26. The molecule has 0 unspecified atom stereocenters. The number of amides is 1. The van der Waals surface area contributed by atoms with E-state index in [9.17, 15) is 9.59 Å². The molecular formula is C21H19NO4. The van der Waals surface area contributed by atoms with Crippen LogP contribution in [0.15, 0.2) is 48.5 Å². The van der Waals surface area contributed by atoms with E-state index < -0.39 is 18.1 Å². The number of carbonyl (C=O) groups is 2. The zero-order valence-electron chi connectivity index (χ0n) is 14.1. The van der Waals surface area contributed by atoms with Gasteiger partial charge in [-0.1, -0.05) is 48.5 Å². The van der Waals surface area contributed by atoms with Crippen molar-refractivity contribution in [3.8, 4) is 23.5 Å². The Bertz CT molecular complexity index is 823. The van der Waals surface area contributed by atoms with Crippen molar-refractivity contribution in [2.24, 2.45) is 0 Å². The van der Waals surface area contributed by atoms with Crippen LogP contribution in [0.5, 0.6) is 0 Å². The summed E-state index contributed by atoms with van der Waals surface area (Å²) >= 11 is 0. The molecule has 1 aliphatic carbocycles. The van der Waals surface area contributed by atoms with Crippen molar-refractivity contribution >= 4 is 12.1 Å².